The molecule has 0 aliphatic rings. The fraction of sp³-hybridized carbons (Fsp3) is 0.188. The van der Waals surface area contributed by atoms with E-state index in [9.17, 15) is 0 Å². The van der Waals surface area contributed by atoms with E-state index in [1.165, 1.54) is 0 Å². The van der Waals surface area contributed by atoms with Gasteiger partial charge in [-0.2, -0.15) is 0 Å². The van der Waals surface area contributed by atoms with Crippen LogP contribution >= 0.6 is 34.8 Å². The summed E-state index contributed by atoms with van der Waals surface area (Å²) in [6, 6.07) is 11.7. The zero-order chi connectivity index (χ0) is 15.0. The predicted molar refractivity (Wildman–Crippen MR) is 90.3 cm³/mol. The Morgan fingerprint density at radius 2 is 1.90 bits per heavy atom. The predicted octanol–water partition coefficient (Wildman–Crippen LogP) is 5.42. The van der Waals surface area contributed by atoms with E-state index in [0.29, 0.717) is 22.3 Å². The van der Waals surface area contributed by atoms with Crippen molar-refractivity contribution in [2.45, 2.75) is 13.3 Å². The van der Waals surface area contributed by atoms with Crippen molar-refractivity contribution < 1.29 is 0 Å². The van der Waals surface area contributed by atoms with Gasteiger partial charge in [-0.05, 0) is 36.8 Å². The molecule has 1 heterocycles. The molecular formula is C16H13Cl3N2. The third kappa shape index (κ3) is 2.64. The summed E-state index contributed by atoms with van der Waals surface area (Å²) in [5.41, 5.74) is 3.75. The van der Waals surface area contributed by atoms with Crippen molar-refractivity contribution in [2.24, 2.45) is 0 Å². The van der Waals surface area contributed by atoms with E-state index < -0.39 is 0 Å². The molecule has 3 aromatic rings. The molecule has 3 rings (SSSR count). The Morgan fingerprint density at radius 1 is 1.10 bits per heavy atom. The van der Waals surface area contributed by atoms with Gasteiger partial charge in [-0.25, -0.2) is 4.98 Å². The minimum Gasteiger partial charge on any atom is -0.295 e. The van der Waals surface area contributed by atoms with E-state index in [0.717, 1.165) is 28.1 Å². The molecule has 0 saturated heterocycles. The molecule has 0 radical (unpaired) electrons. The molecule has 1 aromatic heterocycles. The first-order valence-electron chi connectivity index (χ1n) is 6.60. The van der Waals surface area contributed by atoms with Gasteiger partial charge in [-0.3, -0.25) is 4.57 Å². The topological polar surface area (TPSA) is 17.8 Å². The minimum atomic E-state index is 0.490. The van der Waals surface area contributed by atoms with Crippen molar-refractivity contribution in [2.75, 3.05) is 5.88 Å². The van der Waals surface area contributed by atoms with Crippen molar-refractivity contribution in [1.82, 2.24) is 9.55 Å². The first-order chi connectivity index (χ1) is 10.1. The lowest BCUT2D eigenvalue weighted by molar-refractivity contribution is 0.911. The molecule has 0 amide bonds. The SMILES string of the molecule is Cc1ccc(Cl)c(-n2c(CCCl)nc3c(Cl)cccc32)c1. The van der Waals surface area contributed by atoms with E-state index in [2.05, 4.69) is 4.98 Å². The van der Waals surface area contributed by atoms with Gasteiger partial charge in [0.15, 0.2) is 0 Å². The van der Waals surface area contributed by atoms with Crippen LogP contribution in [0.25, 0.3) is 16.7 Å². The maximum atomic E-state index is 6.39. The Bertz CT molecular complexity index is 809. The van der Waals surface area contributed by atoms with E-state index in [4.69, 9.17) is 34.8 Å². The number of aromatic nitrogens is 2. The molecule has 0 bridgehead atoms. The highest BCUT2D eigenvalue weighted by Gasteiger charge is 2.16. The molecule has 0 spiro atoms. The fourth-order valence-electron chi connectivity index (χ4n) is 2.43. The molecule has 21 heavy (non-hydrogen) atoms. The van der Waals surface area contributed by atoms with Crippen molar-refractivity contribution in [3.05, 3.63) is 57.8 Å². The average molecular weight is 340 g/mol. The summed E-state index contributed by atoms with van der Waals surface area (Å²) in [6.07, 6.45) is 0.650. The van der Waals surface area contributed by atoms with Crippen LogP contribution in [0.2, 0.25) is 10.0 Å². The lowest BCUT2D eigenvalue weighted by Crippen LogP contribution is -2.03. The van der Waals surface area contributed by atoms with Crippen molar-refractivity contribution in [3.8, 4) is 5.69 Å². The first kappa shape index (κ1) is 14.7. The van der Waals surface area contributed by atoms with Crippen LogP contribution in [0, 0.1) is 6.92 Å². The van der Waals surface area contributed by atoms with Gasteiger partial charge in [0.1, 0.15) is 11.3 Å². The zero-order valence-electron chi connectivity index (χ0n) is 11.4. The van der Waals surface area contributed by atoms with Crippen LogP contribution in [-0.4, -0.2) is 15.4 Å². The van der Waals surface area contributed by atoms with Gasteiger partial charge in [0.05, 0.1) is 21.2 Å². The lowest BCUT2D eigenvalue weighted by atomic mass is 10.2. The Hall–Kier alpha value is -1.22. The Morgan fingerprint density at radius 3 is 2.67 bits per heavy atom. The maximum absolute atomic E-state index is 6.39. The minimum absolute atomic E-state index is 0.490. The molecular weight excluding hydrogens is 327 g/mol. The molecule has 0 aliphatic carbocycles. The van der Waals surface area contributed by atoms with Crippen molar-refractivity contribution in [1.29, 1.82) is 0 Å². The number of hydrogen-bond acceptors (Lipinski definition) is 1. The standard InChI is InChI=1S/C16H13Cl3N2/c1-10-5-6-11(18)14(9-10)21-13-4-2-3-12(19)16(13)20-15(21)7-8-17/h2-6,9H,7-8H2,1H3. The number of hydrogen-bond donors (Lipinski definition) is 0. The number of nitrogens with zero attached hydrogens (tertiary/aromatic N) is 2. The second-order valence-corrected chi connectivity index (χ2v) is 6.06. The molecule has 2 nitrogen and oxygen atoms in total. The average Bonchev–Trinajstić information content (AvgIpc) is 2.82. The summed E-state index contributed by atoms with van der Waals surface area (Å²) in [5, 5.41) is 1.31. The Kier molecular flexibility index (Phi) is 4.12. The monoisotopic (exact) mass is 338 g/mol. The molecule has 0 atom stereocenters. The molecule has 0 saturated carbocycles. The van der Waals surface area contributed by atoms with Gasteiger partial charge in [0.25, 0.3) is 0 Å². The third-order valence-electron chi connectivity index (χ3n) is 3.37. The smallest absolute Gasteiger partial charge is 0.115 e. The van der Waals surface area contributed by atoms with E-state index in [1.807, 2.05) is 47.9 Å². The number of alkyl halides is 1. The molecule has 0 aliphatic heterocycles. The number of fused-ring (bicyclic) bond motifs is 1. The largest absolute Gasteiger partial charge is 0.295 e. The molecule has 0 unspecified atom stereocenters. The van der Waals surface area contributed by atoms with Gasteiger partial charge in [-0.15, -0.1) is 11.6 Å². The van der Waals surface area contributed by atoms with Gasteiger partial charge in [0.2, 0.25) is 0 Å². The molecule has 2 aromatic carbocycles. The summed E-state index contributed by atoms with van der Waals surface area (Å²) in [6.45, 7) is 2.03. The number of rotatable bonds is 3. The Balaban J connectivity index is 2.36. The summed E-state index contributed by atoms with van der Waals surface area (Å²) < 4.78 is 2.04. The summed E-state index contributed by atoms with van der Waals surface area (Å²) >= 11 is 18.6. The fourth-order valence-corrected chi connectivity index (χ4v) is 3.01. The van der Waals surface area contributed by atoms with Crippen LogP contribution in [0.3, 0.4) is 0 Å². The van der Waals surface area contributed by atoms with Gasteiger partial charge >= 0.3 is 0 Å². The van der Waals surface area contributed by atoms with Gasteiger partial charge in [0, 0.05) is 12.3 Å². The van der Waals surface area contributed by atoms with Crippen LogP contribution < -0.4 is 0 Å². The number of halogens is 3. The van der Waals surface area contributed by atoms with Crippen LogP contribution in [0.1, 0.15) is 11.4 Å². The van der Waals surface area contributed by atoms with Gasteiger partial charge in [-0.1, -0.05) is 35.3 Å². The second-order valence-electron chi connectivity index (χ2n) is 4.86. The first-order valence-corrected chi connectivity index (χ1v) is 7.89. The van der Waals surface area contributed by atoms with Crippen molar-refractivity contribution in [3.63, 3.8) is 0 Å². The van der Waals surface area contributed by atoms with E-state index >= 15 is 0 Å². The summed E-state index contributed by atoms with van der Waals surface area (Å²) in [4.78, 5) is 4.64. The molecule has 0 fully saturated rings. The Labute approximate surface area is 138 Å². The summed E-state index contributed by atoms with van der Waals surface area (Å²) in [7, 11) is 0. The zero-order valence-corrected chi connectivity index (χ0v) is 13.7. The number of aryl methyl sites for hydroxylation is 2. The number of benzene rings is 2. The summed E-state index contributed by atoms with van der Waals surface area (Å²) in [5.74, 6) is 1.35. The van der Waals surface area contributed by atoms with Crippen LogP contribution in [0.4, 0.5) is 0 Å². The van der Waals surface area contributed by atoms with Crippen LogP contribution in [0.15, 0.2) is 36.4 Å². The highest BCUT2D eigenvalue weighted by molar-refractivity contribution is 6.35. The van der Waals surface area contributed by atoms with E-state index in [-0.39, 0.29) is 0 Å². The number of para-hydroxylation sites is 1. The highest BCUT2D eigenvalue weighted by Crippen LogP contribution is 2.31. The van der Waals surface area contributed by atoms with E-state index in [1.54, 1.807) is 0 Å². The third-order valence-corrected chi connectivity index (χ3v) is 4.18. The lowest BCUT2D eigenvalue weighted by Gasteiger charge is -2.11. The quantitative estimate of drug-likeness (QED) is 0.582. The normalized spacial score (nSPS) is 11.2. The van der Waals surface area contributed by atoms with Crippen LogP contribution in [-0.2, 0) is 6.42 Å². The second kappa shape index (κ2) is 5.88. The molecule has 108 valence electrons. The molecule has 0 N–H and O–H groups in total. The van der Waals surface area contributed by atoms with Crippen LogP contribution in [0.5, 0.6) is 0 Å². The number of imidazole rings is 1. The van der Waals surface area contributed by atoms with Crippen molar-refractivity contribution >= 4 is 45.8 Å². The highest BCUT2D eigenvalue weighted by atomic mass is 35.5. The molecule has 5 heteroatoms. The maximum Gasteiger partial charge on any atom is 0.115 e. The van der Waals surface area contributed by atoms with Gasteiger partial charge < -0.3 is 0 Å².